The summed E-state index contributed by atoms with van der Waals surface area (Å²) in [5, 5.41) is 11.4. The number of hydrogen-bond acceptors (Lipinski definition) is 3. The smallest absolute Gasteiger partial charge is 0.308 e. The second kappa shape index (κ2) is 5.09. The predicted molar refractivity (Wildman–Crippen MR) is 67.9 cm³/mol. The van der Waals surface area contributed by atoms with E-state index in [9.17, 15) is 14.4 Å². The van der Waals surface area contributed by atoms with Gasteiger partial charge in [0.25, 0.3) is 5.91 Å². The van der Waals surface area contributed by atoms with Crippen molar-refractivity contribution in [2.45, 2.75) is 6.42 Å². The van der Waals surface area contributed by atoms with Gasteiger partial charge in [-0.2, -0.15) is 0 Å². The average molecular weight is 262 g/mol. The highest BCUT2D eigenvalue weighted by atomic mass is 16.4. The summed E-state index contributed by atoms with van der Waals surface area (Å²) >= 11 is 0. The van der Waals surface area contributed by atoms with Crippen molar-refractivity contribution in [1.82, 2.24) is 5.32 Å². The first kappa shape index (κ1) is 13.1. The van der Waals surface area contributed by atoms with Crippen molar-refractivity contribution in [3.63, 3.8) is 0 Å². The van der Waals surface area contributed by atoms with Gasteiger partial charge in [-0.15, -0.1) is 0 Å². The molecule has 19 heavy (non-hydrogen) atoms. The Hall–Kier alpha value is -2.37. The topological polar surface area (TPSA) is 86.7 Å². The van der Waals surface area contributed by atoms with E-state index in [2.05, 4.69) is 5.32 Å². The first-order valence-electron chi connectivity index (χ1n) is 5.88. The van der Waals surface area contributed by atoms with Crippen LogP contribution in [-0.4, -0.2) is 36.5 Å². The molecule has 1 heterocycles. The molecule has 0 aliphatic carbocycles. The molecule has 1 atom stereocenters. The summed E-state index contributed by atoms with van der Waals surface area (Å²) in [6.07, 6.45) is -0.000461. The number of carboxylic acids is 1. The summed E-state index contributed by atoms with van der Waals surface area (Å²) in [7, 11) is 1.52. The maximum Gasteiger partial charge on any atom is 0.308 e. The van der Waals surface area contributed by atoms with E-state index in [4.69, 9.17) is 5.11 Å². The molecule has 2 rings (SSSR count). The molecule has 0 bridgehead atoms. The lowest BCUT2D eigenvalue weighted by Gasteiger charge is -2.16. The molecule has 1 aromatic carbocycles. The van der Waals surface area contributed by atoms with Crippen LogP contribution in [0.25, 0.3) is 0 Å². The van der Waals surface area contributed by atoms with E-state index < -0.39 is 11.9 Å². The van der Waals surface area contributed by atoms with Gasteiger partial charge in [-0.25, -0.2) is 0 Å². The Morgan fingerprint density at radius 3 is 2.74 bits per heavy atom. The predicted octanol–water partition coefficient (Wildman–Crippen LogP) is 0.484. The van der Waals surface area contributed by atoms with E-state index in [1.807, 2.05) is 0 Å². The van der Waals surface area contributed by atoms with Crippen LogP contribution in [0.15, 0.2) is 24.3 Å². The van der Waals surface area contributed by atoms with Gasteiger partial charge in [-0.3, -0.25) is 14.4 Å². The van der Waals surface area contributed by atoms with Crippen molar-refractivity contribution >= 4 is 23.5 Å². The Kier molecular flexibility index (Phi) is 3.50. The van der Waals surface area contributed by atoms with Crippen LogP contribution in [0, 0.1) is 5.92 Å². The van der Waals surface area contributed by atoms with Crippen LogP contribution in [0.5, 0.6) is 0 Å². The SMILES string of the molecule is CNC(=O)c1cccc(N2CC(C(=O)O)CC2=O)c1. The summed E-state index contributed by atoms with van der Waals surface area (Å²) in [5.74, 6) is -2.14. The number of nitrogens with one attached hydrogen (secondary N) is 1. The maximum absolute atomic E-state index is 11.8. The van der Waals surface area contributed by atoms with E-state index >= 15 is 0 Å². The molecule has 0 spiro atoms. The van der Waals surface area contributed by atoms with Crippen LogP contribution < -0.4 is 10.2 Å². The van der Waals surface area contributed by atoms with Crippen molar-refractivity contribution in [3.8, 4) is 0 Å². The third kappa shape index (κ3) is 2.57. The van der Waals surface area contributed by atoms with Gasteiger partial charge in [0.05, 0.1) is 5.92 Å². The van der Waals surface area contributed by atoms with Crippen LogP contribution in [0.4, 0.5) is 5.69 Å². The Labute approximate surface area is 110 Å². The van der Waals surface area contributed by atoms with E-state index in [-0.39, 0.29) is 24.8 Å². The number of benzene rings is 1. The molecule has 1 fully saturated rings. The summed E-state index contributed by atoms with van der Waals surface area (Å²) in [4.78, 5) is 35.6. The molecule has 1 unspecified atom stereocenters. The van der Waals surface area contributed by atoms with E-state index in [0.717, 1.165) is 0 Å². The minimum atomic E-state index is -0.974. The largest absolute Gasteiger partial charge is 0.481 e. The van der Waals surface area contributed by atoms with Gasteiger partial charge in [0.1, 0.15) is 0 Å². The first-order valence-corrected chi connectivity index (χ1v) is 5.88. The molecule has 1 saturated heterocycles. The number of amides is 2. The number of anilines is 1. The van der Waals surface area contributed by atoms with Crippen molar-refractivity contribution < 1.29 is 19.5 Å². The number of rotatable bonds is 3. The van der Waals surface area contributed by atoms with Crippen molar-refractivity contribution in [3.05, 3.63) is 29.8 Å². The molecule has 2 N–H and O–H groups in total. The van der Waals surface area contributed by atoms with Crippen molar-refractivity contribution in [2.75, 3.05) is 18.5 Å². The van der Waals surface area contributed by atoms with Crippen LogP contribution in [0.1, 0.15) is 16.8 Å². The number of carbonyl (C=O) groups excluding carboxylic acids is 2. The average Bonchev–Trinajstić information content (AvgIpc) is 2.80. The van der Waals surface area contributed by atoms with Gasteiger partial charge >= 0.3 is 5.97 Å². The molecular weight excluding hydrogens is 248 g/mol. The fourth-order valence-corrected chi connectivity index (χ4v) is 2.08. The third-order valence-electron chi connectivity index (χ3n) is 3.12. The standard InChI is InChI=1S/C13H14N2O4/c1-14-12(17)8-3-2-4-10(5-8)15-7-9(13(18)19)6-11(15)16/h2-5,9H,6-7H2,1H3,(H,14,17)(H,18,19). The van der Waals surface area contributed by atoms with Crippen LogP contribution >= 0.6 is 0 Å². The van der Waals surface area contributed by atoms with Gasteiger partial charge in [-0.05, 0) is 18.2 Å². The van der Waals surface area contributed by atoms with E-state index in [1.54, 1.807) is 24.3 Å². The van der Waals surface area contributed by atoms with Gasteiger partial charge in [0, 0.05) is 31.3 Å². The fraction of sp³-hybridized carbons (Fsp3) is 0.308. The first-order chi connectivity index (χ1) is 9.02. The Balaban J connectivity index is 2.25. The van der Waals surface area contributed by atoms with Gasteiger partial charge in [-0.1, -0.05) is 6.07 Å². The highest BCUT2D eigenvalue weighted by Crippen LogP contribution is 2.25. The molecular formula is C13H14N2O4. The quantitative estimate of drug-likeness (QED) is 0.829. The molecule has 100 valence electrons. The zero-order valence-electron chi connectivity index (χ0n) is 10.4. The molecule has 1 aliphatic rings. The van der Waals surface area contributed by atoms with Gasteiger partial charge in [0.15, 0.2) is 0 Å². The van der Waals surface area contributed by atoms with Gasteiger partial charge in [0.2, 0.25) is 5.91 Å². The molecule has 1 aromatic rings. The zero-order chi connectivity index (χ0) is 14.0. The highest BCUT2D eigenvalue weighted by molar-refractivity contribution is 6.01. The van der Waals surface area contributed by atoms with Crippen LogP contribution in [0.3, 0.4) is 0 Å². The lowest BCUT2D eigenvalue weighted by atomic mass is 10.1. The van der Waals surface area contributed by atoms with Gasteiger partial charge < -0.3 is 15.3 Å². The molecule has 0 saturated carbocycles. The molecule has 0 radical (unpaired) electrons. The van der Waals surface area contributed by atoms with E-state index in [1.165, 1.54) is 11.9 Å². The Morgan fingerprint density at radius 2 is 2.16 bits per heavy atom. The third-order valence-corrected chi connectivity index (χ3v) is 3.12. The second-order valence-corrected chi connectivity index (χ2v) is 4.37. The maximum atomic E-state index is 11.8. The summed E-state index contributed by atoms with van der Waals surface area (Å²) in [6, 6.07) is 6.58. The monoisotopic (exact) mass is 262 g/mol. The number of carboxylic acid groups (broad SMARTS) is 1. The van der Waals surface area contributed by atoms with Crippen molar-refractivity contribution in [2.24, 2.45) is 5.92 Å². The molecule has 2 amide bonds. The molecule has 1 aliphatic heterocycles. The molecule has 6 nitrogen and oxygen atoms in total. The lowest BCUT2D eigenvalue weighted by molar-refractivity contribution is -0.141. The minimum Gasteiger partial charge on any atom is -0.481 e. The second-order valence-electron chi connectivity index (χ2n) is 4.37. The Bertz CT molecular complexity index is 541. The Morgan fingerprint density at radius 1 is 1.42 bits per heavy atom. The van der Waals surface area contributed by atoms with E-state index in [0.29, 0.717) is 11.3 Å². The number of nitrogens with zero attached hydrogens (tertiary/aromatic N) is 1. The number of hydrogen-bond donors (Lipinski definition) is 2. The normalized spacial score (nSPS) is 18.5. The van der Waals surface area contributed by atoms with Crippen molar-refractivity contribution in [1.29, 1.82) is 0 Å². The molecule has 6 heteroatoms. The zero-order valence-corrected chi connectivity index (χ0v) is 10.4. The molecule has 0 aromatic heterocycles. The minimum absolute atomic E-state index is 0.000461. The lowest BCUT2D eigenvalue weighted by Crippen LogP contribution is -2.26. The summed E-state index contributed by atoms with van der Waals surface area (Å²) in [6.45, 7) is 0.144. The highest BCUT2D eigenvalue weighted by Gasteiger charge is 2.35. The number of aliphatic carboxylic acids is 1. The van der Waals surface area contributed by atoms with Crippen LogP contribution in [-0.2, 0) is 9.59 Å². The van der Waals surface area contributed by atoms with Crippen LogP contribution in [0.2, 0.25) is 0 Å². The number of carbonyl (C=O) groups is 3. The summed E-state index contributed by atoms with van der Waals surface area (Å²) < 4.78 is 0. The summed E-state index contributed by atoms with van der Waals surface area (Å²) in [5.41, 5.74) is 0.987. The fourth-order valence-electron chi connectivity index (χ4n) is 2.08.